The summed E-state index contributed by atoms with van der Waals surface area (Å²) in [5.41, 5.74) is 1.68. The minimum atomic E-state index is -0.269. The van der Waals surface area contributed by atoms with Gasteiger partial charge in [-0.05, 0) is 25.5 Å². The van der Waals surface area contributed by atoms with Crippen LogP contribution in [0.4, 0.5) is 17.5 Å². The molecule has 0 aromatic carbocycles. The van der Waals surface area contributed by atoms with E-state index in [1.807, 2.05) is 25.1 Å². The number of amides is 2. The Kier molecular flexibility index (Phi) is 6.22. The minimum Gasteiger partial charge on any atom is -0.373 e. The number of carbonyl (C=O) groups is 2. The monoisotopic (exact) mass is 396 g/mol. The molecule has 0 saturated heterocycles. The first-order valence-corrected chi connectivity index (χ1v) is 9.22. The van der Waals surface area contributed by atoms with Gasteiger partial charge in [-0.1, -0.05) is 6.07 Å². The standard InChI is InChI=1S/C19H24N8O2/c1-13-6-4-7-15(23-13)24-16-10-17(20-2)27-18(25-16)14(11-22-27)19(29)21-8-5-9-26(3)12-28/h4,6-7,10-12,20H,5,8-9H2,1-3H3,(H,21,29)(H,23,24,25). The van der Waals surface area contributed by atoms with Crippen molar-refractivity contribution in [2.75, 3.05) is 37.8 Å². The Hall–Kier alpha value is -3.69. The van der Waals surface area contributed by atoms with Gasteiger partial charge in [-0.2, -0.15) is 9.61 Å². The molecule has 0 radical (unpaired) electrons. The molecule has 0 atom stereocenters. The van der Waals surface area contributed by atoms with Crippen LogP contribution in [0.2, 0.25) is 0 Å². The van der Waals surface area contributed by atoms with E-state index in [2.05, 4.69) is 31.0 Å². The number of aromatic nitrogens is 4. The summed E-state index contributed by atoms with van der Waals surface area (Å²) in [5.74, 6) is 1.61. The highest BCUT2D eigenvalue weighted by Gasteiger charge is 2.17. The van der Waals surface area contributed by atoms with E-state index in [4.69, 9.17) is 0 Å². The summed E-state index contributed by atoms with van der Waals surface area (Å²) in [6, 6.07) is 7.45. The predicted molar refractivity (Wildman–Crippen MR) is 110 cm³/mol. The fourth-order valence-corrected chi connectivity index (χ4v) is 2.79. The zero-order chi connectivity index (χ0) is 20.8. The van der Waals surface area contributed by atoms with Crippen molar-refractivity contribution in [2.45, 2.75) is 13.3 Å². The van der Waals surface area contributed by atoms with Crippen LogP contribution in [-0.4, -0.2) is 64.0 Å². The number of aryl methyl sites for hydroxylation is 1. The van der Waals surface area contributed by atoms with Gasteiger partial charge in [-0.15, -0.1) is 0 Å². The largest absolute Gasteiger partial charge is 0.373 e. The Labute approximate surface area is 168 Å². The average molecular weight is 396 g/mol. The molecule has 152 valence electrons. The maximum atomic E-state index is 12.6. The van der Waals surface area contributed by atoms with Gasteiger partial charge < -0.3 is 20.9 Å². The SMILES string of the molecule is CNc1cc(Nc2cccc(C)n2)nc2c(C(=O)NCCCN(C)C=O)cnn12. The number of nitrogens with zero attached hydrogens (tertiary/aromatic N) is 5. The number of pyridine rings is 1. The van der Waals surface area contributed by atoms with E-state index in [0.29, 0.717) is 48.2 Å². The van der Waals surface area contributed by atoms with E-state index in [-0.39, 0.29) is 5.91 Å². The Morgan fingerprint density at radius 1 is 1.28 bits per heavy atom. The third kappa shape index (κ3) is 4.78. The molecule has 0 aliphatic heterocycles. The van der Waals surface area contributed by atoms with Crippen molar-refractivity contribution >= 4 is 35.4 Å². The third-order valence-electron chi connectivity index (χ3n) is 4.27. The first kappa shape index (κ1) is 20.1. The van der Waals surface area contributed by atoms with E-state index in [1.54, 1.807) is 24.7 Å². The van der Waals surface area contributed by atoms with Gasteiger partial charge in [0.15, 0.2) is 5.65 Å². The molecular weight excluding hydrogens is 372 g/mol. The van der Waals surface area contributed by atoms with Crippen molar-refractivity contribution in [3.8, 4) is 0 Å². The second kappa shape index (κ2) is 9.00. The van der Waals surface area contributed by atoms with Crippen LogP contribution >= 0.6 is 0 Å². The Balaban J connectivity index is 1.81. The molecule has 3 N–H and O–H groups in total. The molecule has 0 fully saturated rings. The van der Waals surface area contributed by atoms with Crippen molar-refractivity contribution in [3.63, 3.8) is 0 Å². The van der Waals surface area contributed by atoms with E-state index < -0.39 is 0 Å². The number of nitrogens with one attached hydrogen (secondary N) is 3. The molecule has 3 heterocycles. The lowest BCUT2D eigenvalue weighted by Crippen LogP contribution is -2.27. The Morgan fingerprint density at radius 2 is 2.10 bits per heavy atom. The fraction of sp³-hybridized carbons (Fsp3) is 0.316. The molecule has 0 spiro atoms. The van der Waals surface area contributed by atoms with Crippen LogP contribution in [0.25, 0.3) is 5.65 Å². The highest BCUT2D eigenvalue weighted by atomic mass is 16.1. The third-order valence-corrected chi connectivity index (χ3v) is 4.27. The van der Waals surface area contributed by atoms with Crippen LogP contribution in [0.3, 0.4) is 0 Å². The summed E-state index contributed by atoms with van der Waals surface area (Å²) in [6.07, 6.45) is 2.90. The molecule has 0 saturated carbocycles. The smallest absolute Gasteiger partial charge is 0.256 e. The summed E-state index contributed by atoms with van der Waals surface area (Å²) in [6.45, 7) is 2.92. The number of anilines is 3. The van der Waals surface area contributed by atoms with Gasteiger partial charge in [0.1, 0.15) is 23.0 Å². The predicted octanol–water partition coefficient (Wildman–Crippen LogP) is 1.43. The second-order valence-corrected chi connectivity index (χ2v) is 6.55. The second-order valence-electron chi connectivity index (χ2n) is 6.55. The van der Waals surface area contributed by atoms with Crippen LogP contribution < -0.4 is 16.0 Å². The molecule has 3 rings (SSSR count). The number of rotatable bonds is 9. The normalized spacial score (nSPS) is 10.6. The van der Waals surface area contributed by atoms with E-state index in [0.717, 1.165) is 12.1 Å². The maximum absolute atomic E-state index is 12.6. The molecule has 0 bridgehead atoms. The molecule has 0 aliphatic carbocycles. The van der Waals surface area contributed by atoms with Gasteiger partial charge in [-0.3, -0.25) is 9.59 Å². The summed E-state index contributed by atoms with van der Waals surface area (Å²) < 4.78 is 1.57. The molecule has 0 aliphatic rings. The summed E-state index contributed by atoms with van der Waals surface area (Å²) >= 11 is 0. The average Bonchev–Trinajstić information content (AvgIpc) is 3.14. The van der Waals surface area contributed by atoms with Gasteiger partial charge in [0, 0.05) is 38.9 Å². The van der Waals surface area contributed by atoms with Crippen LogP contribution in [0.5, 0.6) is 0 Å². The van der Waals surface area contributed by atoms with Crippen LogP contribution in [-0.2, 0) is 4.79 Å². The summed E-state index contributed by atoms with van der Waals surface area (Å²) in [4.78, 5) is 33.7. The molecule has 10 nitrogen and oxygen atoms in total. The lowest BCUT2D eigenvalue weighted by atomic mass is 10.3. The van der Waals surface area contributed by atoms with Crippen LogP contribution in [0.15, 0.2) is 30.5 Å². The van der Waals surface area contributed by atoms with Gasteiger partial charge in [-0.25, -0.2) is 9.97 Å². The van der Waals surface area contributed by atoms with Gasteiger partial charge >= 0.3 is 0 Å². The van der Waals surface area contributed by atoms with E-state index in [1.165, 1.54) is 11.1 Å². The lowest BCUT2D eigenvalue weighted by molar-refractivity contribution is -0.117. The van der Waals surface area contributed by atoms with E-state index in [9.17, 15) is 9.59 Å². The summed E-state index contributed by atoms with van der Waals surface area (Å²) in [5, 5.41) is 13.3. The van der Waals surface area contributed by atoms with Crippen molar-refractivity contribution < 1.29 is 9.59 Å². The molecule has 0 unspecified atom stereocenters. The number of hydrogen-bond acceptors (Lipinski definition) is 7. The van der Waals surface area contributed by atoms with Crippen molar-refractivity contribution in [1.82, 2.24) is 29.8 Å². The number of fused-ring (bicyclic) bond motifs is 1. The summed E-state index contributed by atoms with van der Waals surface area (Å²) in [7, 11) is 3.47. The van der Waals surface area contributed by atoms with Gasteiger partial charge in [0.25, 0.3) is 5.91 Å². The van der Waals surface area contributed by atoms with Crippen LogP contribution in [0, 0.1) is 6.92 Å². The molecule has 10 heteroatoms. The quantitative estimate of drug-likeness (QED) is 0.370. The molecule has 2 amide bonds. The lowest BCUT2D eigenvalue weighted by Gasteiger charge is -2.11. The molecule has 29 heavy (non-hydrogen) atoms. The van der Waals surface area contributed by atoms with Crippen molar-refractivity contribution in [3.05, 3.63) is 41.7 Å². The van der Waals surface area contributed by atoms with Crippen LogP contribution in [0.1, 0.15) is 22.5 Å². The highest BCUT2D eigenvalue weighted by Crippen LogP contribution is 2.21. The molecule has 3 aromatic heterocycles. The van der Waals surface area contributed by atoms with Gasteiger partial charge in [0.05, 0.1) is 6.20 Å². The number of carbonyl (C=O) groups excluding carboxylic acids is 2. The zero-order valence-corrected chi connectivity index (χ0v) is 16.6. The first-order chi connectivity index (χ1) is 14.0. The Morgan fingerprint density at radius 3 is 2.83 bits per heavy atom. The minimum absolute atomic E-state index is 0.269. The van der Waals surface area contributed by atoms with Crippen molar-refractivity contribution in [2.24, 2.45) is 0 Å². The van der Waals surface area contributed by atoms with Crippen molar-refractivity contribution in [1.29, 1.82) is 0 Å². The number of hydrogen-bond donors (Lipinski definition) is 3. The maximum Gasteiger partial charge on any atom is 0.256 e. The Bertz CT molecular complexity index is 1020. The van der Waals surface area contributed by atoms with Gasteiger partial charge in [0.2, 0.25) is 6.41 Å². The van der Waals surface area contributed by atoms with E-state index >= 15 is 0 Å². The topological polar surface area (TPSA) is 117 Å². The fourth-order valence-electron chi connectivity index (χ4n) is 2.79. The zero-order valence-electron chi connectivity index (χ0n) is 16.6. The first-order valence-electron chi connectivity index (χ1n) is 9.22. The molecule has 3 aromatic rings. The highest BCUT2D eigenvalue weighted by molar-refractivity contribution is 6.00. The molecular formula is C19H24N8O2.